The fraction of sp³-hybridized carbons (Fsp3) is 0.571. The summed E-state index contributed by atoms with van der Waals surface area (Å²) in [6, 6.07) is 0.332. The fourth-order valence-electron chi connectivity index (χ4n) is 1.53. The number of hydrogen-bond donors (Lipinski definition) is 1. The summed E-state index contributed by atoms with van der Waals surface area (Å²) < 4.78 is 1.82. The minimum Gasteiger partial charge on any atom is -0.411 e. The predicted octanol–water partition coefficient (Wildman–Crippen LogP) is 0.833. The minimum absolute atomic E-state index is 0.332. The molecule has 1 N–H and O–H groups in total. The molecule has 0 bridgehead atoms. The smallest absolute Gasteiger partial charge is 0.137 e. The molecule has 64 valence electrons. The van der Waals surface area contributed by atoms with Gasteiger partial charge < -0.3 is 5.21 Å². The summed E-state index contributed by atoms with van der Waals surface area (Å²) in [4.78, 5) is 3.87. The molecule has 1 aliphatic carbocycles. The maximum Gasteiger partial charge on any atom is 0.137 e. The Bertz CT molecular complexity index is 280. The van der Waals surface area contributed by atoms with Gasteiger partial charge in [-0.05, 0) is 12.8 Å². The van der Waals surface area contributed by atoms with Crippen LogP contribution in [0.1, 0.15) is 25.3 Å². The Labute approximate surface area is 69.7 Å². The summed E-state index contributed by atoms with van der Waals surface area (Å²) in [6.45, 7) is 0. The molecule has 1 heterocycles. The van der Waals surface area contributed by atoms with Crippen LogP contribution in [0.5, 0.6) is 0 Å². The summed E-state index contributed by atoms with van der Waals surface area (Å²) in [5.74, 6) is 0. The van der Waals surface area contributed by atoms with Crippen LogP contribution in [0.15, 0.2) is 17.8 Å². The van der Waals surface area contributed by atoms with Crippen molar-refractivity contribution in [3.63, 3.8) is 0 Å². The van der Waals surface area contributed by atoms with E-state index in [0.717, 1.165) is 25.0 Å². The van der Waals surface area contributed by atoms with Crippen molar-refractivity contribution in [3.8, 4) is 0 Å². The molecule has 1 aromatic heterocycles. The highest BCUT2D eigenvalue weighted by Crippen LogP contribution is 2.26. The molecule has 1 unspecified atom stereocenters. The zero-order chi connectivity index (χ0) is 8.39. The van der Waals surface area contributed by atoms with Crippen LogP contribution in [0.3, 0.4) is 0 Å². The van der Waals surface area contributed by atoms with Crippen molar-refractivity contribution in [3.05, 3.63) is 12.7 Å². The molecule has 0 spiro atoms. The molecule has 0 aromatic carbocycles. The summed E-state index contributed by atoms with van der Waals surface area (Å²) >= 11 is 0. The van der Waals surface area contributed by atoms with Gasteiger partial charge in [-0.25, -0.2) is 9.67 Å². The van der Waals surface area contributed by atoms with Crippen molar-refractivity contribution in [1.29, 1.82) is 0 Å². The highest BCUT2D eigenvalue weighted by atomic mass is 16.4. The lowest BCUT2D eigenvalue weighted by Gasteiger charge is -2.06. The van der Waals surface area contributed by atoms with Crippen LogP contribution < -0.4 is 0 Å². The molecule has 0 aliphatic heterocycles. The second-order valence-electron chi connectivity index (χ2n) is 2.94. The lowest BCUT2D eigenvalue weighted by Crippen LogP contribution is -2.05. The number of rotatable bonds is 1. The first-order valence-corrected chi connectivity index (χ1v) is 3.94. The van der Waals surface area contributed by atoms with Gasteiger partial charge in [0.1, 0.15) is 12.7 Å². The van der Waals surface area contributed by atoms with Crippen LogP contribution in [0.25, 0.3) is 0 Å². The van der Waals surface area contributed by atoms with Gasteiger partial charge in [0.15, 0.2) is 0 Å². The average molecular weight is 166 g/mol. The molecule has 2 rings (SSSR count). The van der Waals surface area contributed by atoms with Gasteiger partial charge in [0.25, 0.3) is 0 Å². The van der Waals surface area contributed by atoms with Crippen molar-refractivity contribution in [2.75, 3.05) is 0 Å². The van der Waals surface area contributed by atoms with Gasteiger partial charge in [-0.3, -0.25) is 0 Å². The Balaban J connectivity index is 2.10. The van der Waals surface area contributed by atoms with E-state index >= 15 is 0 Å². The Morgan fingerprint density at radius 3 is 3.17 bits per heavy atom. The number of oxime groups is 1. The van der Waals surface area contributed by atoms with E-state index in [1.165, 1.54) is 6.33 Å². The second-order valence-corrected chi connectivity index (χ2v) is 2.94. The summed E-state index contributed by atoms with van der Waals surface area (Å²) in [5.41, 5.74) is 0.857. The first kappa shape index (κ1) is 7.27. The van der Waals surface area contributed by atoms with Gasteiger partial charge in [0.05, 0.1) is 11.8 Å². The zero-order valence-corrected chi connectivity index (χ0v) is 6.59. The topological polar surface area (TPSA) is 63.3 Å². The molecule has 5 heteroatoms. The molecule has 1 aliphatic rings. The molecule has 0 saturated heterocycles. The van der Waals surface area contributed by atoms with Crippen LogP contribution in [0.2, 0.25) is 0 Å². The van der Waals surface area contributed by atoms with Crippen molar-refractivity contribution >= 4 is 5.71 Å². The Morgan fingerprint density at radius 1 is 1.67 bits per heavy atom. The number of nitrogens with zero attached hydrogens (tertiary/aromatic N) is 4. The van der Waals surface area contributed by atoms with E-state index in [9.17, 15) is 0 Å². The molecule has 12 heavy (non-hydrogen) atoms. The lowest BCUT2D eigenvalue weighted by molar-refractivity contribution is 0.317. The molecule has 0 radical (unpaired) electrons. The van der Waals surface area contributed by atoms with Crippen LogP contribution >= 0.6 is 0 Å². The van der Waals surface area contributed by atoms with E-state index in [-0.39, 0.29) is 0 Å². The van der Waals surface area contributed by atoms with Gasteiger partial charge in [0.2, 0.25) is 0 Å². The highest BCUT2D eigenvalue weighted by Gasteiger charge is 2.22. The quantitative estimate of drug-likeness (QED) is 0.496. The van der Waals surface area contributed by atoms with E-state index < -0.39 is 0 Å². The van der Waals surface area contributed by atoms with E-state index in [0.29, 0.717) is 6.04 Å². The summed E-state index contributed by atoms with van der Waals surface area (Å²) in [6.07, 6.45) is 5.86. The standard InChI is InChI=1S/C7H10N4O/c12-10-6-1-2-7(3-6)11-5-8-4-9-11/h4-5,7,12H,1-3H2. The predicted molar refractivity (Wildman–Crippen MR) is 42.1 cm³/mol. The van der Waals surface area contributed by atoms with Crippen LogP contribution in [0, 0.1) is 0 Å². The molecular weight excluding hydrogens is 156 g/mol. The first-order chi connectivity index (χ1) is 5.90. The third kappa shape index (κ3) is 1.17. The molecule has 1 fully saturated rings. The molecular formula is C7H10N4O. The number of aromatic nitrogens is 3. The zero-order valence-electron chi connectivity index (χ0n) is 6.59. The third-order valence-electron chi connectivity index (χ3n) is 2.19. The minimum atomic E-state index is 0.332. The van der Waals surface area contributed by atoms with Crippen molar-refractivity contribution < 1.29 is 5.21 Å². The maximum atomic E-state index is 8.52. The lowest BCUT2D eigenvalue weighted by atomic mass is 10.3. The van der Waals surface area contributed by atoms with Crippen molar-refractivity contribution in [1.82, 2.24) is 14.8 Å². The molecule has 0 amide bonds. The monoisotopic (exact) mass is 166 g/mol. The van der Waals surface area contributed by atoms with E-state index in [2.05, 4.69) is 15.2 Å². The first-order valence-electron chi connectivity index (χ1n) is 3.94. The molecule has 1 saturated carbocycles. The van der Waals surface area contributed by atoms with Gasteiger partial charge >= 0.3 is 0 Å². The normalized spacial score (nSPS) is 26.7. The van der Waals surface area contributed by atoms with E-state index in [1.807, 2.05) is 4.68 Å². The Kier molecular flexibility index (Phi) is 1.77. The third-order valence-corrected chi connectivity index (χ3v) is 2.19. The van der Waals surface area contributed by atoms with Gasteiger partial charge in [-0.1, -0.05) is 5.16 Å². The van der Waals surface area contributed by atoms with Gasteiger partial charge in [-0.2, -0.15) is 5.10 Å². The Hall–Kier alpha value is -1.39. The highest BCUT2D eigenvalue weighted by molar-refractivity contribution is 5.86. The molecule has 1 aromatic rings. The van der Waals surface area contributed by atoms with E-state index in [4.69, 9.17) is 5.21 Å². The largest absolute Gasteiger partial charge is 0.411 e. The van der Waals surface area contributed by atoms with Crippen LogP contribution in [-0.2, 0) is 0 Å². The Morgan fingerprint density at radius 2 is 2.58 bits per heavy atom. The maximum absolute atomic E-state index is 8.52. The van der Waals surface area contributed by atoms with E-state index in [1.54, 1.807) is 6.33 Å². The van der Waals surface area contributed by atoms with Gasteiger partial charge in [-0.15, -0.1) is 0 Å². The van der Waals surface area contributed by atoms with Crippen molar-refractivity contribution in [2.45, 2.75) is 25.3 Å². The summed E-state index contributed by atoms with van der Waals surface area (Å²) in [7, 11) is 0. The van der Waals surface area contributed by atoms with Gasteiger partial charge in [0, 0.05) is 6.42 Å². The van der Waals surface area contributed by atoms with Crippen LogP contribution in [0.4, 0.5) is 0 Å². The second kappa shape index (κ2) is 2.92. The molecule has 5 nitrogen and oxygen atoms in total. The van der Waals surface area contributed by atoms with Crippen molar-refractivity contribution in [2.24, 2.45) is 5.16 Å². The number of hydrogen-bond acceptors (Lipinski definition) is 4. The fourth-order valence-corrected chi connectivity index (χ4v) is 1.53. The molecule has 1 atom stereocenters. The summed E-state index contributed by atoms with van der Waals surface area (Å²) in [5, 5.41) is 15.8. The average Bonchev–Trinajstić information content (AvgIpc) is 2.75. The van der Waals surface area contributed by atoms with Crippen LogP contribution in [-0.4, -0.2) is 25.7 Å². The SMILES string of the molecule is ON=C1CCC(n2cncn2)C1.